The Morgan fingerprint density at radius 3 is 1.89 bits per heavy atom. The Morgan fingerprint density at radius 1 is 0.409 bits per heavy atom. The van der Waals surface area contributed by atoms with Crippen LogP contribution in [0, 0.1) is 0 Å². The maximum Gasteiger partial charge on any atom is 0.146 e. The molecule has 0 aliphatic carbocycles. The van der Waals surface area contributed by atoms with Gasteiger partial charge in [-0.15, -0.1) is 0 Å². The molecule has 9 aromatic rings. The van der Waals surface area contributed by atoms with Crippen molar-refractivity contribution < 1.29 is 0 Å². The number of pyridine rings is 1. The highest BCUT2D eigenvalue weighted by molar-refractivity contribution is 6.13. The molecule has 0 saturated heterocycles. The summed E-state index contributed by atoms with van der Waals surface area (Å²) in [5, 5.41) is 6.13. The van der Waals surface area contributed by atoms with Crippen LogP contribution in [0.5, 0.6) is 0 Å². The molecule has 2 heterocycles. The zero-order chi connectivity index (χ0) is 29.0. The lowest BCUT2D eigenvalue weighted by molar-refractivity contribution is 1.28. The standard InChI is InChI=1S/C41H27N3/c1-2-12-32(13-3-1)43(33-22-20-29(21-23-33)31-19-18-28-10-4-5-11-30(28)26-31)34-24-25-40-38(27-34)42-41-37-16-7-6-14-35(37)36-15-8-9-17-39(36)44(40)41/h1-27H. The van der Waals surface area contributed by atoms with E-state index in [0.717, 1.165) is 39.1 Å². The Kier molecular flexibility index (Phi) is 5.50. The molecular weight excluding hydrogens is 534 g/mol. The second-order valence-electron chi connectivity index (χ2n) is 11.3. The summed E-state index contributed by atoms with van der Waals surface area (Å²) < 4.78 is 2.31. The summed E-state index contributed by atoms with van der Waals surface area (Å²) in [6.45, 7) is 0. The number of benzene rings is 7. The molecule has 206 valence electrons. The minimum atomic E-state index is 0.970. The third-order valence-electron chi connectivity index (χ3n) is 8.72. The van der Waals surface area contributed by atoms with E-state index in [9.17, 15) is 0 Å². The van der Waals surface area contributed by atoms with Gasteiger partial charge in [0.25, 0.3) is 0 Å². The molecular formula is C41H27N3. The zero-order valence-corrected chi connectivity index (χ0v) is 23.9. The van der Waals surface area contributed by atoms with Gasteiger partial charge in [-0.1, -0.05) is 109 Å². The highest BCUT2D eigenvalue weighted by Crippen LogP contribution is 2.39. The van der Waals surface area contributed by atoms with Gasteiger partial charge >= 0.3 is 0 Å². The molecule has 0 aliphatic heterocycles. The summed E-state index contributed by atoms with van der Waals surface area (Å²) in [7, 11) is 0. The van der Waals surface area contributed by atoms with Crippen LogP contribution in [0.2, 0.25) is 0 Å². The molecule has 44 heavy (non-hydrogen) atoms. The monoisotopic (exact) mass is 561 g/mol. The van der Waals surface area contributed by atoms with Crippen molar-refractivity contribution in [2.45, 2.75) is 0 Å². The van der Waals surface area contributed by atoms with Crippen LogP contribution in [0.15, 0.2) is 164 Å². The largest absolute Gasteiger partial charge is 0.310 e. The van der Waals surface area contributed by atoms with Crippen LogP contribution in [-0.2, 0) is 0 Å². The molecule has 0 N–H and O–H groups in total. The maximum atomic E-state index is 5.24. The zero-order valence-electron chi connectivity index (χ0n) is 23.9. The highest BCUT2D eigenvalue weighted by atomic mass is 15.1. The van der Waals surface area contributed by atoms with E-state index in [2.05, 4.69) is 173 Å². The molecule has 9 rings (SSSR count). The molecule has 0 saturated carbocycles. The summed E-state index contributed by atoms with van der Waals surface area (Å²) in [6, 6.07) is 58.4. The first kappa shape index (κ1) is 24.6. The maximum absolute atomic E-state index is 5.24. The van der Waals surface area contributed by atoms with Gasteiger partial charge in [0.2, 0.25) is 0 Å². The molecule has 0 radical (unpaired) electrons. The van der Waals surface area contributed by atoms with Crippen molar-refractivity contribution in [1.29, 1.82) is 0 Å². The van der Waals surface area contributed by atoms with Gasteiger partial charge in [-0.3, -0.25) is 4.40 Å². The van der Waals surface area contributed by atoms with Crippen molar-refractivity contribution in [3.8, 4) is 11.1 Å². The van der Waals surface area contributed by atoms with Gasteiger partial charge in [-0.25, -0.2) is 4.98 Å². The predicted molar refractivity (Wildman–Crippen MR) is 185 cm³/mol. The second-order valence-corrected chi connectivity index (χ2v) is 11.3. The summed E-state index contributed by atoms with van der Waals surface area (Å²) in [4.78, 5) is 7.55. The minimum Gasteiger partial charge on any atom is -0.310 e. The number of fused-ring (bicyclic) bond motifs is 9. The number of hydrogen-bond acceptors (Lipinski definition) is 2. The molecule has 0 aliphatic rings. The van der Waals surface area contributed by atoms with E-state index < -0.39 is 0 Å². The summed E-state index contributed by atoms with van der Waals surface area (Å²) in [5.41, 5.74) is 9.90. The van der Waals surface area contributed by atoms with E-state index in [1.807, 2.05) is 0 Å². The summed E-state index contributed by atoms with van der Waals surface area (Å²) >= 11 is 0. The van der Waals surface area contributed by atoms with Crippen LogP contribution in [0.25, 0.3) is 60.3 Å². The quantitative estimate of drug-likeness (QED) is 0.199. The number of hydrogen-bond donors (Lipinski definition) is 0. The third-order valence-corrected chi connectivity index (χ3v) is 8.72. The minimum absolute atomic E-state index is 0.970. The molecule has 2 aromatic heterocycles. The van der Waals surface area contributed by atoms with E-state index in [-0.39, 0.29) is 0 Å². The van der Waals surface area contributed by atoms with Crippen LogP contribution < -0.4 is 4.90 Å². The first-order valence-corrected chi connectivity index (χ1v) is 15.0. The van der Waals surface area contributed by atoms with E-state index >= 15 is 0 Å². The molecule has 0 amide bonds. The van der Waals surface area contributed by atoms with Gasteiger partial charge in [-0.2, -0.15) is 0 Å². The first-order valence-electron chi connectivity index (χ1n) is 15.0. The Balaban J connectivity index is 1.20. The van der Waals surface area contributed by atoms with Crippen LogP contribution >= 0.6 is 0 Å². The highest BCUT2D eigenvalue weighted by Gasteiger charge is 2.17. The van der Waals surface area contributed by atoms with Crippen LogP contribution in [0.1, 0.15) is 0 Å². The smallest absolute Gasteiger partial charge is 0.146 e. The number of aromatic nitrogens is 2. The van der Waals surface area contributed by atoms with Gasteiger partial charge in [0.05, 0.1) is 16.6 Å². The predicted octanol–water partition coefficient (Wildman–Crippen LogP) is 11.1. The van der Waals surface area contributed by atoms with Crippen molar-refractivity contribution in [2.24, 2.45) is 0 Å². The summed E-state index contributed by atoms with van der Waals surface area (Å²) in [5.74, 6) is 0. The van der Waals surface area contributed by atoms with Crippen molar-refractivity contribution >= 4 is 66.2 Å². The topological polar surface area (TPSA) is 20.5 Å². The fourth-order valence-electron chi connectivity index (χ4n) is 6.64. The van der Waals surface area contributed by atoms with E-state index in [1.54, 1.807) is 0 Å². The van der Waals surface area contributed by atoms with Gasteiger partial charge in [0.1, 0.15) is 5.65 Å². The Bertz CT molecular complexity index is 2490. The fraction of sp³-hybridized carbons (Fsp3) is 0. The molecule has 3 nitrogen and oxygen atoms in total. The van der Waals surface area contributed by atoms with E-state index in [0.29, 0.717) is 0 Å². The van der Waals surface area contributed by atoms with E-state index in [4.69, 9.17) is 4.98 Å². The van der Waals surface area contributed by atoms with Crippen LogP contribution in [0.4, 0.5) is 17.1 Å². The van der Waals surface area contributed by atoms with Crippen molar-refractivity contribution in [1.82, 2.24) is 9.38 Å². The van der Waals surface area contributed by atoms with Gasteiger partial charge in [0.15, 0.2) is 0 Å². The van der Waals surface area contributed by atoms with Crippen molar-refractivity contribution in [3.05, 3.63) is 164 Å². The van der Waals surface area contributed by atoms with Gasteiger partial charge in [0, 0.05) is 27.8 Å². The normalized spacial score (nSPS) is 11.6. The molecule has 0 unspecified atom stereocenters. The van der Waals surface area contributed by atoms with Gasteiger partial charge in [-0.05, 0) is 81.9 Å². The summed E-state index contributed by atoms with van der Waals surface area (Å²) in [6.07, 6.45) is 0. The fourth-order valence-corrected chi connectivity index (χ4v) is 6.64. The lowest BCUT2D eigenvalue weighted by atomic mass is 10.0. The molecule has 0 fully saturated rings. The molecule has 0 spiro atoms. The van der Waals surface area contributed by atoms with Gasteiger partial charge < -0.3 is 4.90 Å². The number of nitrogens with zero attached hydrogens (tertiary/aromatic N) is 3. The average molecular weight is 562 g/mol. The lowest BCUT2D eigenvalue weighted by Crippen LogP contribution is -2.09. The number of para-hydroxylation sites is 2. The molecule has 0 bridgehead atoms. The van der Waals surface area contributed by atoms with Crippen LogP contribution in [-0.4, -0.2) is 9.38 Å². The molecule has 0 atom stereocenters. The van der Waals surface area contributed by atoms with E-state index in [1.165, 1.54) is 38.2 Å². The second kappa shape index (κ2) is 9.82. The van der Waals surface area contributed by atoms with Crippen LogP contribution in [0.3, 0.4) is 0 Å². The number of rotatable bonds is 4. The third kappa shape index (κ3) is 3.87. The lowest BCUT2D eigenvalue weighted by Gasteiger charge is -2.25. The average Bonchev–Trinajstić information content (AvgIpc) is 3.49. The molecule has 3 heteroatoms. The number of anilines is 3. The van der Waals surface area contributed by atoms with Crippen molar-refractivity contribution in [3.63, 3.8) is 0 Å². The Morgan fingerprint density at radius 2 is 1.05 bits per heavy atom. The molecule has 7 aromatic carbocycles. The SMILES string of the molecule is c1ccc(N(c2ccc(-c3ccc4ccccc4c3)cc2)c2ccc3c(c2)nc2c4ccccc4c4ccccc4n32)cc1. The van der Waals surface area contributed by atoms with Crippen molar-refractivity contribution in [2.75, 3.05) is 4.90 Å². The Hall–Kier alpha value is -5.93. The first-order chi connectivity index (χ1) is 21.8. The Labute approximate surface area is 254 Å². The number of imidazole rings is 1.